The lowest BCUT2D eigenvalue weighted by Crippen LogP contribution is -2.10. The number of rotatable bonds is 3. The number of aromatic nitrogens is 1. The first-order valence-corrected chi connectivity index (χ1v) is 6.08. The molecule has 0 fully saturated rings. The SMILES string of the molecule is [B][N+]1=C(CCC)C=C/C1=C/c1[nH]c(C)cc1C. The van der Waals surface area contributed by atoms with Crippen molar-refractivity contribution in [2.45, 2.75) is 33.6 Å². The fourth-order valence-electron chi connectivity index (χ4n) is 2.13. The molecule has 17 heavy (non-hydrogen) atoms. The Morgan fingerprint density at radius 2 is 2.12 bits per heavy atom. The van der Waals surface area contributed by atoms with Crippen molar-refractivity contribution in [3.8, 4) is 0 Å². The van der Waals surface area contributed by atoms with Crippen LogP contribution < -0.4 is 0 Å². The summed E-state index contributed by atoms with van der Waals surface area (Å²) < 4.78 is 1.78. The van der Waals surface area contributed by atoms with E-state index < -0.39 is 0 Å². The van der Waals surface area contributed by atoms with E-state index in [0.29, 0.717) is 0 Å². The lowest BCUT2D eigenvalue weighted by Gasteiger charge is -1.97. The number of aromatic amines is 1. The monoisotopic (exact) mass is 225 g/mol. The summed E-state index contributed by atoms with van der Waals surface area (Å²) in [5.74, 6) is 0. The van der Waals surface area contributed by atoms with Gasteiger partial charge in [0.2, 0.25) is 0 Å². The first-order valence-electron chi connectivity index (χ1n) is 6.08. The van der Waals surface area contributed by atoms with Crippen LogP contribution in [0.25, 0.3) is 6.08 Å². The number of H-pyrrole nitrogens is 1. The maximum absolute atomic E-state index is 6.07. The van der Waals surface area contributed by atoms with E-state index >= 15 is 0 Å². The van der Waals surface area contributed by atoms with E-state index in [9.17, 15) is 0 Å². The third-order valence-electron chi connectivity index (χ3n) is 3.02. The fraction of sp³-hybridized carbons (Fsp3) is 0.357. The molecule has 1 aromatic rings. The molecule has 1 N–H and O–H groups in total. The molecule has 0 bridgehead atoms. The van der Waals surface area contributed by atoms with Gasteiger partial charge in [-0.15, -0.1) is 0 Å². The van der Waals surface area contributed by atoms with Crippen molar-refractivity contribution < 1.29 is 4.49 Å². The summed E-state index contributed by atoms with van der Waals surface area (Å²) in [6, 6.07) is 2.14. The summed E-state index contributed by atoms with van der Waals surface area (Å²) >= 11 is 0. The molecule has 1 aromatic heterocycles. The summed E-state index contributed by atoms with van der Waals surface area (Å²) in [6.07, 6.45) is 8.40. The van der Waals surface area contributed by atoms with Crippen LogP contribution in [0.3, 0.4) is 0 Å². The van der Waals surface area contributed by atoms with Gasteiger partial charge in [-0.2, -0.15) is 0 Å². The normalized spacial score (nSPS) is 17.5. The minimum absolute atomic E-state index is 1.02. The molecular formula is C14H18BN2+. The van der Waals surface area contributed by atoms with Gasteiger partial charge in [0.15, 0.2) is 11.4 Å². The van der Waals surface area contributed by atoms with E-state index in [4.69, 9.17) is 7.98 Å². The van der Waals surface area contributed by atoms with Crippen LogP contribution in [0.4, 0.5) is 0 Å². The van der Waals surface area contributed by atoms with Gasteiger partial charge in [0, 0.05) is 36.0 Å². The van der Waals surface area contributed by atoms with E-state index in [1.807, 2.05) is 0 Å². The molecule has 0 aromatic carbocycles. The van der Waals surface area contributed by atoms with Gasteiger partial charge in [0.05, 0.1) is 0 Å². The molecule has 0 amide bonds. The van der Waals surface area contributed by atoms with Gasteiger partial charge >= 0.3 is 7.98 Å². The lowest BCUT2D eigenvalue weighted by atomic mass is 10.2. The van der Waals surface area contributed by atoms with Gasteiger partial charge in [-0.25, -0.2) is 0 Å². The average Bonchev–Trinajstić information content (AvgIpc) is 2.76. The highest BCUT2D eigenvalue weighted by Gasteiger charge is 2.18. The van der Waals surface area contributed by atoms with Crippen molar-refractivity contribution >= 4 is 19.8 Å². The van der Waals surface area contributed by atoms with Gasteiger partial charge < -0.3 is 4.98 Å². The smallest absolute Gasteiger partial charge is 0.359 e. The van der Waals surface area contributed by atoms with Crippen LogP contribution in [0.2, 0.25) is 0 Å². The first kappa shape index (κ1) is 12.0. The number of allylic oxidation sites excluding steroid dienone is 2. The topological polar surface area (TPSA) is 18.8 Å². The Morgan fingerprint density at radius 3 is 2.71 bits per heavy atom. The number of hydrogen-bond acceptors (Lipinski definition) is 0. The van der Waals surface area contributed by atoms with Crippen LogP contribution in [-0.4, -0.2) is 23.2 Å². The second-order valence-corrected chi connectivity index (χ2v) is 4.56. The zero-order valence-corrected chi connectivity index (χ0v) is 10.7. The highest BCUT2D eigenvalue weighted by atomic mass is 14.9. The average molecular weight is 225 g/mol. The molecule has 2 rings (SSSR count). The van der Waals surface area contributed by atoms with E-state index in [1.165, 1.54) is 17.0 Å². The summed E-state index contributed by atoms with van der Waals surface area (Å²) in [7, 11) is 6.07. The molecule has 1 aliphatic heterocycles. The molecule has 0 atom stereocenters. The largest absolute Gasteiger partial charge is 0.587 e. The van der Waals surface area contributed by atoms with Gasteiger partial charge in [-0.3, -0.25) is 4.49 Å². The number of hydrogen-bond donors (Lipinski definition) is 1. The Kier molecular flexibility index (Phi) is 3.37. The zero-order chi connectivity index (χ0) is 12.4. The molecule has 0 saturated carbocycles. The fourth-order valence-corrected chi connectivity index (χ4v) is 2.13. The van der Waals surface area contributed by atoms with E-state index in [2.05, 4.69) is 50.0 Å². The second kappa shape index (κ2) is 4.78. The molecule has 0 aliphatic carbocycles. The summed E-state index contributed by atoms with van der Waals surface area (Å²) in [4.78, 5) is 3.34. The minimum atomic E-state index is 1.02. The predicted octanol–water partition coefficient (Wildman–Crippen LogP) is 2.88. The van der Waals surface area contributed by atoms with Crippen molar-refractivity contribution in [1.29, 1.82) is 0 Å². The number of aryl methyl sites for hydroxylation is 2. The number of nitrogens with zero attached hydrogens (tertiary/aromatic N) is 1. The van der Waals surface area contributed by atoms with Gasteiger partial charge in [0.1, 0.15) is 0 Å². The summed E-state index contributed by atoms with van der Waals surface area (Å²) in [5.41, 5.74) is 5.78. The maximum Gasteiger partial charge on any atom is 0.587 e. The quantitative estimate of drug-likeness (QED) is 0.763. The Labute approximate surface area is 104 Å². The van der Waals surface area contributed by atoms with E-state index in [1.54, 1.807) is 4.49 Å². The highest BCUT2D eigenvalue weighted by Crippen LogP contribution is 2.17. The third kappa shape index (κ3) is 2.43. The van der Waals surface area contributed by atoms with Crippen LogP contribution in [-0.2, 0) is 0 Å². The molecule has 2 heterocycles. The Bertz CT molecular complexity index is 518. The zero-order valence-electron chi connectivity index (χ0n) is 10.7. The lowest BCUT2D eigenvalue weighted by molar-refractivity contribution is -0.300. The minimum Gasteiger partial charge on any atom is -0.359 e. The van der Waals surface area contributed by atoms with Gasteiger partial charge in [-0.1, -0.05) is 6.92 Å². The van der Waals surface area contributed by atoms with E-state index in [-0.39, 0.29) is 0 Å². The Hall–Kier alpha value is -1.51. The van der Waals surface area contributed by atoms with Gasteiger partial charge in [-0.05, 0) is 31.9 Å². The maximum atomic E-state index is 6.07. The molecule has 0 spiro atoms. The van der Waals surface area contributed by atoms with E-state index in [0.717, 1.165) is 24.2 Å². The second-order valence-electron chi connectivity index (χ2n) is 4.56. The molecule has 0 saturated heterocycles. The third-order valence-corrected chi connectivity index (χ3v) is 3.02. The van der Waals surface area contributed by atoms with Crippen LogP contribution in [0.15, 0.2) is 23.9 Å². The molecule has 2 radical (unpaired) electrons. The van der Waals surface area contributed by atoms with Crippen molar-refractivity contribution in [3.05, 3.63) is 40.9 Å². The Balaban J connectivity index is 2.31. The summed E-state index contributed by atoms with van der Waals surface area (Å²) in [5, 5.41) is 0. The van der Waals surface area contributed by atoms with Crippen molar-refractivity contribution in [2.24, 2.45) is 0 Å². The molecule has 1 aliphatic rings. The van der Waals surface area contributed by atoms with Crippen molar-refractivity contribution in [1.82, 2.24) is 4.98 Å². The van der Waals surface area contributed by atoms with Crippen molar-refractivity contribution in [2.75, 3.05) is 0 Å². The van der Waals surface area contributed by atoms with Crippen LogP contribution >= 0.6 is 0 Å². The highest BCUT2D eigenvalue weighted by molar-refractivity contribution is 6.06. The van der Waals surface area contributed by atoms with Crippen LogP contribution in [0.1, 0.15) is 36.7 Å². The standard InChI is InChI=1S/C14H18BN2/c1-4-5-12-6-7-13(17(12)15)9-14-10(2)8-11(3)16-14/h6-9,16H,4-5H2,1-3H3/q+1. The van der Waals surface area contributed by atoms with Crippen molar-refractivity contribution in [3.63, 3.8) is 0 Å². The molecule has 86 valence electrons. The van der Waals surface area contributed by atoms with Gasteiger partial charge in [0.25, 0.3) is 0 Å². The molecule has 3 heteroatoms. The Morgan fingerprint density at radius 1 is 1.35 bits per heavy atom. The molecule has 0 unspecified atom stereocenters. The summed E-state index contributed by atoms with van der Waals surface area (Å²) in [6.45, 7) is 6.33. The number of nitrogens with one attached hydrogen (secondary N) is 1. The first-order chi connectivity index (χ1) is 8.11. The molecule has 2 nitrogen and oxygen atoms in total. The van der Waals surface area contributed by atoms with Crippen LogP contribution in [0, 0.1) is 13.8 Å². The van der Waals surface area contributed by atoms with Crippen LogP contribution in [0.5, 0.6) is 0 Å². The predicted molar refractivity (Wildman–Crippen MR) is 73.3 cm³/mol. The molecular weight excluding hydrogens is 207 g/mol.